The van der Waals surface area contributed by atoms with E-state index in [9.17, 15) is 4.79 Å². The summed E-state index contributed by atoms with van der Waals surface area (Å²) in [6, 6.07) is 11.1. The van der Waals surface area contributed by atoms with Crippen molar-refractivity contribution in [2.45, 2.75) is 13.0 Å². The zero-order valence-electron chi connectivity index (χ0n) is 16.5. The fraction of sp³-hybridized carbons (Fsp3) is 0.333. The maximum Gasteiger partial charge on any atom is 0.255 e. The van der Waals surface area contributed by atoms with Gasteiger partial charge in [0.05, 0.1) is 31.1 Å². The number of para-hydroxylation sites is 1. The van der Waals surface area contributed by atoms with Crippen LogP contribution in [0.4, 0.5) is 5.95 Å². The number of hydrogen-bond acceptors (Lipinski definition) is 7. The van der Waals surface area contributed by atoms with E-state index in [1.54, 1.807) is 23.9 Å². The Kier molecular flexibility index (Phi) is 5.53. The summed E-state index contributed by atoms with van der Waals surface area (Å²) >= 11 is 0. The number of morpholine rings is 1. The standard InChI is InChI=1S/C21H23N5O3/c1-3-28-18-7-5-4-6-15(18)19-13-26(10-11-29-19)21-24-17(12-20(27)25(21)2)16-8-9-22-14-23-16/h4-9,12,14,19H,3,10-11,13H2,1-2H3. The third kappa shape index (κ3) is 3.97. The molecular weight excluding hydrogens is 370 g/mol. The van der Waals surface area contributed by atoms with Crippen molar-refractivity contribution in [3.63, 3.8) is 0 Å². The first-order valence-electron chi connectivity index (χ1n) is 9.60. The Morgan fingerprint density at radius 2 is 2.10 bits per heavy atom. The molecule has 150 valence electrons. The number of benzene rings is 1. The van der Waals surface area contributed by atoms with E-state index in [1.165, 1.54) is 12.4 Å². The Morgan fingerprint density at radius 3 is 2.90 bits per heavy atom. The van der Waals surface area contributed by atoms with Crippen LogP contribution in [0.1, 0.15) is 18.6 Å². The molecule has 0 N–H and O–H groups in total. The smallest absolute Gasteiger partial charge is 0.255 e. The number of rotatable bonds is 5. The predicted molar refractivity (Wildman–Crippen MR) is 109 cm³/mol. The van der Waals surface area contributed by atoms with Crippen molar-refractivity contribution >= 4 is 5.95 Å². The first kappa shape index (κ1) is 19.1. The Morgan fingerprint density at radius 1 is 1.24 bits per heavy atom. The maximum absolute atomic E-state index is 12.6. The van der Waals surface area contributed by atoms with Crippen LogP contribution < -0.4 is 15.2 Å². The third-order valence-electron chi connectivity index (χ3n) is 4.87. The molecule has 3 heterocycles. The lowest BCUT2D eigenvalue weighted by Gasteiger charge is -2.35. The zero-order chi connectivity index (χ0) is 20.2. The normalized spacial score (nSPS) is 16.6. The average molecular weight is 393 g/mol. The van der Waals surface area contributed by atoms with E-state index >= 15 is 0 Å². The molecule has 1 atom stereocenters. The lowest BCUT2D eigenvalue weighted by molar-refractivity contribution is 0.0371. The molecule has 0 amide bonds. The highest BCUT2D eigenvalue weighted by Crippen LogP contribution is 2.31. The molecule has 1 aliphatic heterocycles. The van der Waals surface area contributed by atoms with Crippen LogP contribution in [0.5, 0.6) is 5.75 Å². The number of aromatic nitrogens is 4. The lowest BCUT2D eigenvalue weighted by Crippen LogP contribution is -2.41. The van der Waals surface area contributed by atoms with E-state index in [0.717, 1.165) is 11.3 Å². The van der Waals surface area contributed by atoms with Gasteiger partial charge in [-0.15, -0.1) is 0 Å². The second kappa shape index (κ2) is 8.40. The van der Waals surface area contributed by atoms with Crippen molar-refractivity contribution < 1.29 is 9.47 Å². The summed E-state index contributed by atoms with van der Waals surface area (Å²) in [5.74, 6) is 1.41. The molecular formula is C21H23N5O3. The van der Waals surface area contributed by atoms with Crippen LogP contribution in [0.2, 0.25) is 0 Å². The SMILES string of the molecule is CCOc1ccccc1C1CN(c2nc(-c3ccncn3)cc(=O)n2C)CCO1. The fourth-order valence-electron chi connectivity index (χ4n) is 3.44. The topological polar surface area (TPSA) is 82.4 Å². The summed E-state index contributed by atoms with van der Waals surface area (Å²) in [4.78, 5) is 27.5. The fourth-order valence-corrected chi connectivity index (χ4v) is 3.44. The number of ether oxygens (including phenoxy) is 2. The zero-order valence-corrected chi connectivity index (χ0v) is 16.5. The van der Waals surface area contributed by atoms with Crippen molar-refractivity contribution in [2.75, 3.05) is 31.2 Å². The summed E-state index contributed by atoms with van der Waals surface area (Å²) in [5, 5.41) is 0. The van der Waals surface area contributed by atoms with Crippen LogP contribution in [-0.2, 0) is 11.8 Å². The molecule has 8 heteroatoms. The van der Waals surface area contributed by atoms with Crippen molar-refractivity contribution in [3.05, 3.63) is 64.8 Å². The number of anilines is 1. The average Bonchev–Trinajstić information content (AvgIpc) is 2.77. The van der Waals surface area contributed by atoms with E-state index in [-0.39, 0.29) is 11.7 Å². The summed E-state index contributed by atoms with van der Waals surface area (Å²) < 4.78 is 13.4. The second-order valence-electron chi connectivity index (χ2n) is 6.71. The Balaban J connectivity index is 1.67. The molecule has 0 aliphatic carbocycles. The summed E-state index contributed by atoms with van der Waals surface area (Å²) in [6.07, 6.45) is 2.91. The minimum atomic E-state index is -0.175. The van der Waals surface area contributed by atoms with Gasteiger partial charge in [0.2, 0.25) is 5.95 Å². The molecule has 8 nitrogen and oxygen atoms in total. The first-order chi connectivity index (χ1) is 14.2. The molecule has 1 unspecified atom stereocenters. The van der Waals surface area contributed by atoms with Crippen LogP contribution in [0.25, 0.3) is 11.4 Å². The lowest BCUT2D eigenvalue weighted by atomic mass is 10.1. The summed E-state index contributed by atoms with van der Waals surface area (Å²) in [5.41, 5.74) is 2.01. The van der Waals surface area contributed by atoms with Crippen molar-refractivity contribution in [1.82, 2.24) is 19.5 Å². The maximum atomic E-state index is 12.6. The van der Waals surface area contributed by atoms with Crippen LogP contribution in [0.3, 0.4) is 0 Å². The van der Waals surface area contributed by atoms with E-state index in [0.29, 0.717) is 43.6 Å². The first-order valence-corrected chi connectivity index (χ1v) is 9.60. The Bertz CT molecular complexity index is 1040. The monoisotopic (exact) mass is 393 g/mol. The largest absolute Gasteiger partial charge is 0.493 e. The molecule has 0 bridgehead atoms. The van der Waals surface area contributed by atoms with Gasteiger partial charge in [0.25, 0.3) is 5.56 Å². The van der Waals surface area contributed by atoms with Gasteiger partial charge in [-0.25, -0.2) is 15.0 Å². The second-order valence-corrected chi connectivity index (χ2v) is 6.71. The van der Waals surface area contributed by atoms with Gasteiger partial charge in [-0.1, -0.05) is 18.2 Å². The molecule has 29 heavy (non-hydrogen) atoms. The van der Waals surface area contributed by atoms with Gasteiger partial charge in [-0.05, 0) is 19.1 Å². The van der Waals surface area contributed by atoms with Gasteiger partial charge in [-0.2, -0.15) is 0 Å². The quantitative estimate of drug-likeness (QED) is 0.657. The highest BCUT2D eigenvalue weighted by atomic mass is 16.5. The summed E-state index contributed by atoms with van der Waals surface area (Å²) in [7, 11) is 1.73. The number of nitrogens with zero attached hydrogens (tertiary/aromatic N) is 5. The molecule has 4 rings (SSSR count). The van der Waals surface area contributed by atoms with Gasteiger partial charge in [0.1, 0.15) is 18.2 Å². The van der Waals surface area contributed by atoms with Gasteiger partial charge >= 0.3 is 0 Å². The van der Waals surface area contributed by atoms with Crippen LogP contribution in [-0.4, -0.2) is 45.8 Å². The highest BCUT2D eigenvalue weighted by Gasteiger charge is 2.27. The Labute approximate surface area is 168 Å². The molecule has 0 radical (unpaired) electrons. The molecule has 0 spiro atoms. The molecule has 1 aliphatic rings. The Hall–Kier alpha value is -3.26. The molecule has 3 aromatic rings. The molecule has 1 saturated heterocycles. The predicted octanol–water partition coefficient (Wildman–Crippen LogP) is 2.21. The van der Waals surface area contributed by atoms with E-state index in [4.69, 9.17) is 14.5 Å². The van der Waals surface area contributed by atoms with E-state index in [1.807, 2.05) is 31.2 Å². The van der Waals surface area contributed by atoms with Gasteiger partial charge in [-0.3, -0.25) is 9.36 Å². The molecule has 2 aromatic heterocycles. The number of hydrogen-bond donors (Lipinski definition) is 0. The highest BCUT2D eigenvalue weighted by molar-refractivity contribution is 5.55. The molecule has 0 saturated carbocycles. The van der Waals surface area contributed by atoms with Crippen LogP contribution in [0.15, 0.2) is 53.7 Å². The van der Waals surface area contributed by atoms with Gasteiger partial charge < -0.3 is 14.4 Å². The minimum absolute atomic E-state index is 0.138. The third-order valence-corrected chi connectivity index (χ3v) is 4.87. The van der Waals surface area contributed by atoms with E-state index in [2.05, 4.69) is 14.9 Å². The summed E-state index contributed by atoms with van der Waals surface area (Å²) in [6.45, 7) is 4.28. The van der Waals surface area contributed by atoms with Gasteiger partial charge in [0, 0.05) is 31.4 Å². The van der Waals surface area contributed by atoms with Crippen molar-refractivity contribution in [1.29, 1.82) is 0 Å². The van der Waals surface area contributed by atoms with Crippen LogP contribution >= 0.6 is 0 Å². The molecule has 1 fully saturated rings. The molecule has 1 aromatic carbocycles. The van der Waals surface area contributed by atoms with Crippen molar-refractivity contribution in [2.24, 2.45) is 7.05 Å². The van der Waals surface area contributed by atoms with Gasteiger partial charge in [0.15, 0.2) is 0 Å². The van der Waals surface area contributed by atoms with Crippen molar-refractivity contribution in [3.8, 4) is 17.1 Å². The van der Waals surface area contributed by atoms with Crippen LogP contribution in [0, 0.1) is 0 Å². The van der Waals surface area contributed by atoms with E-state index < -0.39 is 0 Å². The minimum Gasteiger partial charge on any atom is -0.493 e.